The third-order valence-electron chi connectivity index (χ3n) is 12.3. The van der Waals surface area contributed by atoms with Crippen LogP contribution in [0, 0.1) is 40.3 Å². The summed E-state index contributed by atoms with van der Waals surface area (Å²) in [5, 5.41) is 22.4. The van der Waals surface area contributed by atoms with E-state index in [4.69, 9.17) is 10.5 Å². The number of para-hydroxylation sites is 1. The molecule has 6 fully saturated rings. The normalized spacial score (nSPS) is 35.3. The van der Waals surface area contributed by atoms with Crippen LogP contribution in [0.2, 0.25) is 0 Å². The van der Waals surface area contributed by atoms with Gasteiger partial charge in [0, 0.05) is 51.4 Å². The van der Waals surface area contributed by atoms with Gasteiger partial charge in [-0.15, -0.1) is 10.2 Å². The smallest absolute Gasteiger partial charge is 0.169 e. The lowest BCUT2D eigenvalue weighted by atomic mass is 9.58. The Bertz CT molecular complexity index is 1600. The average Bonchev–Trinajstić information content (AvgIpc) is 3.23. The van der Waals surface area contributed by atoms with Crippen LogP contribution in [0.25, 0.3) is 11.3 Å². The lowest BCUT2D eigenvalue weighted by Crippen LogP contribution is -2.47. The fraction of sp³-hybridized carbons (Fsp3) is 0.529. The molecule has 43 heavy (non-hydrogen) atoms. The van der Waals surface area contributed by atoms with Gasteiger partial charge in [0.25, 0.3) is 0 Å². The zero-order chi connectivity index (χ0) is 28.9. The van der Waals surface area contributed by atoms with Crippen LogP contribution in [0.3, 0.4) is 0 Å². The van der Waals surface area contributed by atoms with E-state index in [0.29, 0.717) is 52.6 Å². The second-order valence-electron chi connectivity index (χ2n) is 13.9. The molecule has 2 aromatic carbocycles. The summed E-state index contributed by atoms with van der Waals surface area (Å²) < 4.78 is 22.1. The van der Waals surface area contributed by atoms with Crippen molar-refractivity contribution < 1.29 is 14.2 Å². The van der Waals surface area contributed by atoms with Crippen LogP contribution in [0.1, 0.15) is 30.7 Å². The van der Waals surface area contributed by atoms with Gasteiger partial charge in [0.05, 0.1) is 11.4 Å². The average molecular weight is 583 g/mol. The summed E-state index contributed by atoms with van der Waals surface area (Å²) in [6, 6.07) is 15.1. The third-order valence-corrected chi connectivity index (χ3v) is 12.3. The molecule has 2 saturated heterocycles. The summed E-state index contributed by atoms with van der Waals surface area (Å²) in [5.74, 6) is 3.70. The van der Waals surface area contributed by atoms with Crippen LogP contribution in [0.4, 0.5) is 15.9 Å². The maximum atomic E-state index is 16.1. The number of phenols is 1. The van der Waals surface area contributed by atoms with E-state index in [1.165, 1.54) is 6.42 Å². The Morgan fingerprint density at radius 1 is 1.05 bits per heavy atom. The first kappa shape index (κ1) is 26.0. The van der Waals surface area contributed by atoms with E-state index >= 15 is 4.39 Å². The molecule has 2 bridgehead atoms. The summed E-state index contributed by atoms with van der Waals surface area (Å²) in [7, 11) is 0. The quantitative estimate of drug-likeness (QED) is 0.383. The maximum absolute atomic E-state index is 16.1. The van der Waals surface area contributed by atoms with Gasteiger partial charge in [-0.05, 0) is 89.5 Å². The predicted octanol–water partition coefficient (Wildman–Crippen LogP) is 4.12. The molecule has 6 aliphatic rings. The molecule has 3 aromatic rings. The van der Waals surface area contributed by atoms with E-state index in [1.54, 1.807) is 12.1 Å². The monoisotopic (exact) mass is 582 g/mol. The zero-order valence-corrected chi connectivity index (χ0v) is 24.4. The number of nitrogens with two attached hydrogens (primary N) is 1. The van der Waals surface area contributed by atoms with Crippen LogP contribution in [-0.2, 0) is 0 Å². The Kier molecular flexibility index (Phi) is 5.62. The second kappa shape index (κ2) is 9.29. The molecule has 4 saturated carbocycles. The first-order chi connectivity index (χ1) is 21.0. The summed E-state index contributed by atoms with van der Waals surface area (Å²) >= 11 is 0. The van der Waals surface area contributed by atoms with Crippen LogP contribution in [0.5, 0.6) is 11.5 Å². The van der Waals surface area contributed by atoms with Gasteiger partial charge < -0.3 is 25.8 Å². The fourth-order valence-electron chi connectivity index (χ4n) is 11.0. The standard InChI is InChI=1S/C34H39FN6O2/c35-30-21(5-3-7-29(30)43-13-12-40-10-8-37-9-11-40)24-14-23-25-19-41(18-20-16-33(24)31(23)34(25,33)17-20)27-15-26(38-39-32(27)36)22-4-1-2-6-28(22)42/h1-7,15,20,23-25,31,37,42H,8-14,16-19H2,(H2,36,39)/t20-,23+,24?,25?,31?,33-,34?/m0/s1. The van der Waals surface area contributed by atoms with E-state index in [9.17, 15) is 5.11 Å². The number of halogens is 1. The number of rotatable bonds is 7. The van der Waals surface area contributed by atoms with Crippen molar-refractivity contribution in [3.8, 4) is 22.8 Å². The molecule has 9 heteroatoms. The Labute approximate surface area is 251 Å². The number of nitrogen functional groups attached to an aromatic ring is 1. The van der Waals surface area contributed by atoms with Gasteiger partial charge in [-0.2, -0.15) is 0 Å². The van der Waals surface area contributed by atoms with Crippen LogP contribution < -0.4 is 20.7 Å². The van der Waals surface area contributed by atoms with E-state index in [2.05, 4.69) is 25.3 Å². The minimum Gasteiger partial charge on any atom is -0.507 e. The van der Waals surface area contributed by atoms with Gasteiger partial charge in [0.15, 0.2) is 17.4 Å². The maximum Gasteiger partial charge on any atom is 0.169 e. The fourth-order valence-corrected chi connectivity index (χ4v) is 11.0. The summed E-state index contributed by atoms with van der Waals surface area (Å²) in [5.41, 5.74) is 10.1. The van der Waals surface area contributed by atoms with Gasteiger partial charge in [0.2, 0.25) is 0 Å². The molecule has 3 heterocycles. The molecule has 8 nitrogen and oxygen atoms in total. The number of fused-ring (bicyclic) bond motifs is 2. The highest BCUT2D eigenvalue weighted by atomic mass is 19.1. The molecule has 4 unspecified atom stereocenters. The van der Waals surface area contributed by atoms with Gasteiger partial charge in [-0.1, -0.05) is 24.3 Å². The molecular formula is C34H39FN6O2. The Morgan fingerprint density at radius 3 is 2.74 bits per heavy atom. The molecule has 4 aliphatic carbocycles. The number of hydrogen-bond acceptors (Lipinski definition) is 8. The van der Waals surface area contributed by atoms with Crippen molar-refractivity contribution in [3.05, 3.63) is 59.9 Å². The number of nitrogens with one attached hydrogen (secondary N) is 1. The van der Waals surface area contributed by atoms with Crippen LogP contribution >= 0.6 is 0 Å². The number of anilines is 2. The highest BCUT2D eigenvalue weighted by molar-refractivity contribution is 5.74. The molecular weight excluding hydrogens is 543 g/mol. The van der Waals surface area contributed by atoms with E-state index < -0.39 is 0 Å². The highest BCUT2D eigenvalue weighted by Crippen LogP contribution is 3.00. The lowest BCUT2D eigenvalue weighted by molar-refractivity contribution is 0.0329. The van der Waals surface area contributed by atoms with Crippen molar-refractivity contribution >= 4 is 11.5 Å². The Morgan fingerprint density at radius 2 is 1.88 bits per heavy atom. The molecule has 0 radical (unpaired) electrons. The molecule has 2 spiro atoms. The van der Waals surface area contributed by atoms with Gasteiger partial charge in [0.1, 0.15) is 12.4 Å². The summed E-state index contributed by atoms with van der Waals surface area (Å²) in [6.07, 6.45) is 3.45. The van der Waals surface area contributed by atoms with Crippen LogP contribution in [0.15, 0.2) is 48.5 Å². The van der Waals surface area contributed by atoms with Crippen molar-refractivity contribution in [1.82, 2.24) is 20.4 Å². The SMILES string of the molecule is Nc1nnc(-c2ccccc2O)cc1N1CC2[C@H]3CC(c4cccc(OCCN5CCNCC5)c4F)[C@]45C[C@H](C1)CC24C35. The molecule has 7 atom stereocenters. The minimum atomic E-state index is -0.129. The van der Waals surface area contributed by atoms with E-state index in [-0.39, 0.29) is 22.9 Å². The molecule has 2 aliphatic heterocycles. The second-order valence-corrected chi connectivity index (χ2v) is 13.9. The molecule has 4 N–H and O–H groups in total. The number of piperazine rings is 1. The first-order valence-electron chi connectivity index (χ1n) is 16.0. The number of ether oxygens (including phenoxy) is 1. The molecule has 9 rings (SSSR count). The number of aromatic hydroxyl groups is 1. The summed E-state index contributed by atoms with van der Waals surface area (Å²) in [6.45, 7) is 7.28. The molecule has 1 aromatic heterocycles. The third kappa shape index (κ3) is 3.49. The predicted molar refractivity (Wildman–Crippen MR) is 162 cm³/mol. The topological polar surface area (TPSA) is 99.8 Å². The van der Waals surface area contributed by atoms with E-state index in [1.807, 2.05) is 36.4 Å². The van der Waals surface area contributed by atoms with Crippen molar-refractivity contribution in [2.75, 3.05) is 63.1 Å². The van der Waals surface area contributed by atoms with Crippen molar-refractivity contribution in [2.24, 2.45) is 34.5 Å². The van der Waals surface area contributed by atoms with E-state index in [0.717, 1.165) is 75.8 Å². The summed E-state index contributed by atoms with van der Waals surface area (Å²) in [4.78, 5) is 4.82. The van der Waals surface area contributed by atoms with Crippen LogP contribution in [-0.4, -0.2) is 72.6 Å². The molecule has 0 amide bonds. The lowest BCUT2D eigenvalue weighted by Gasteiger charge is -2.48. The van der Waals surface area contributed by atoms with Gasteiger partial charge in [-0.25, -0.2) is 4.39 Å². The van der Waals surface area contributed by atoms with Crippen molar-refractivity contribution in [1.29, 1.82) is 0 Å². The zero-order valence-electron chi connectivity index (χ0n) is 24.4. The first-order valence-corrected chi connectivity index (χ1v) is 16.0. The number of aromatic nitrogens is 2. The minimum absolute atomic E-state index is 0.129. The number of benzene rings is 2. The number of nitrogens with zero attached hydrogens (tertiary/aromatic N) is 4. The Hall–Kier alpha value is -3.43. The van der Waals surface area contributed by atoms with Gasteiger partial charge >= 0.3 is 0 Å². The number of hydrogen-bond donors (Lipinski definition) is 3. The van der Waals surface area contributed by atoms with Gasteiger partial charge in [-0.3, -0.25) is 4.90 Å². The number of phenolic OH excluding ortho intramolecular Hbond substituents is 1. The van der Waals surface area contributed by atoms with Crippen molar-refractivity contribution in [3.63, 3.8) is 0 Å². The highest BCUT2D eigenvalue weighted by Gasteiger charge is 2.95. The largest absolute Gasteiger partial charge is 0.507 e. The molecule has 224 valence electrons. The Balaban J connectivity index is 0.954. The van der Waals surface area contributed by atoms with Crippen molar-refractivity contribution in [2.45, 2.75) is 25.2 Å².